The Hall–Kier alpha value is -2.59. The number of hydrogen-bond acceptors (Lipinski definition) is 3. The molecule has 2 aromatic rings. The van der Waals surface area contributed by atoms with Crippen LogP contribution < -0.4 is 10.1 Å². The molecule has 0 bridgehead atoms. The van der Waals surface area contributed by atoms with Gasteiger partial charge in [0.1, 0.15) is 5.75 Å². The van der Waals surface area contributed by atoms with Gasteiger partial charge in [-0.1, -0.05) is 18.2 Å². The van der Waals surface area contributed by atoms with E-state index < -0.39 is 0 Å². The fourth-order valence-corrected chi connectivity index (χ4v) is 2.20. The number of aryl methyl sites for hydroxylation is 2. The van der Waals surface area contributed by atoms with Gasteiger partial charge in [0, 0.05) is 18.9 Å². The molecular weight excluding hydrogens is 290 g/mol. The van der Waals surface area contributed by atoms with E-state index in [1.54, 1.807) is 13.2 Å². The Balaban J connectivity index is 1.95. The average molecular weight is 311 g/mol. The summed E-state index contributed by atoms with van der Waals surface area (Å²) in [7, 11) is 1.57. The molecule has 1 N–H and O–H groups in total. The molecule has 0 aromatic heterocycles. The van der Waals surface area contributed by atoms with Gasteiger partial charge in [-0.15, -0.1) is 0 Å². The number of ether oxygens (including phenoxy) is 2. The first kappa shape index (κ1) is 16.8. The van der Waals surface area contributed by atoms with E-state index in [2.05, 4.69) is 11.4 Å². The highest BCUT2D eigenvalue weighted by Crippen LogP contribution is 2.15. The first-order valence-corrected chi connectivity index (χ1v) is 7.36. The first-order valence-electron chi connectivity index (χ1n) is 7.36. The Morgan fingerprint density at radius 2 is 1.74 bits per heavy atom. The summed E-state index contributed by atoms with van der Waals surface area (Å²) in [5.41, 5.74) is 3.97. The molecule has 0 saturated heterocycles. The van der Waals surface area contributed by atoms with Crippen molar-refractivity contribution in [2.24, 2.45) is 0 Å². The lowest BCUT2D eigenvalue weighted by Gasteiger charge is -2.05. The quantitative estimate of drug-likeness (QED) is 0.649. The van der Waals surface area contributed by atoms with E-state index in [4.69, 9.17) is 9.47 Å². The largest absolute Gasteiger partial charge is 0.468 e. The molecule has 23 heavy (non-hydrogen) atoms. The van der Waals surface area contributed by atoms with Crippen LogP contribution in [0.5, 0.6) is 5.75 Å². The molecule has 4 nitrogen and oxygen atoms in total. The summed E-state index contributed by atoms with van der Waals surface area (Å²) >= 11 is 0. The maximum absolute atomic E-state index is 12.0. The van der Waals surface area contributed by atoms with Gasteiger partial charge in [0.2, 0.25) is 5.91 Å². The minimum Gasteiger partial charge on any atom is -0.468 e. The van der Waals surface area contributed by atoms with E-state index in [0.717, 1.165) is 28.1 Å². The SMILES string of the molecule is COCOc1ccc(/C=C/C(=O)Nc2cc(C)cc(C)c2)cc1. The average Bonchev–Trinajstić information content (AvgIpc) is 2.51. The van der Waals surface area contributed by atoms with Crippen LogP contribution in [0.4, 0.5) is 5.69 Å². The fraction of sp³-hybridized carbons (Fsp3) is 0.211. The Morgan fingerprint density at radius 3 is 2.35 bits per heavy atom. The number of amides is 1. The zero-order valence-corrected chi connectivity index (χ0v) is 13.6. The Bertz CT molecular complexity index is 670. The number of carbonyl (C=O) groups is 1. The maximum Gasteiger partial charge on any atom is 0.248 e. The highest BCUT2D eigenvalue weighted by Gasteiger charge is 2.00. The minimum absolute atomic E-state index is 0.158. The predicted molar refractivity (Wildman–Crippen MR) is 92.5 cm³/mol. The number of nitrogens with one attached hydrogen (secondary N) is 1. The molecule has 0 aliphatic carbocycles. The van der Waals surface area contributed by atoms with Crippen molar-refractivity contribution < 1.29 is 14.3 Å². The van der Waals surface area contributed by atoms with Crippen LogP contribution in [-0.4, -0.2) is 19.8 Å². The standard InChI is InChI=1S/C19H21NO3/c1-14-10-15(2)12-17(11-14)20-19(21)9-6-16-4-7-18(8-5-16)23-13-22-3/h4-12H,13H2,1-3H3,(H,20,21)/b9-6+. The monoisotopic (exact) mass is 311 g/mol. The number of benzene rings is 2. The second kappa shape index (κ2) is 8.15. The lowest BCUT2D eigenvalue weighted by molar-refractivity contribution is -0.111. The van der Waals surface area contributed by atoms with Crippen molar-refractivity contribution in [1.29, 1.82) is 0 Å². The van der Waals surface area contributed by atoms with Gasteiger partial charge in [-0.25, -0.2) is 0 Å². The third kappa shape index (κ3) is 5.60. The van der Waals surface area contributed by atoms with Gasteiger partial charge >= 0.3 is 0 Å². The molecule has 2 aromatic carbocycles. The van der Waals surface area contributed by atoms with Gasteiger partial charge in [-0.05, 0) is 60.9 Å². The lowest BCUT2D eigenvalue weighted by Crippen LogP contribution is -2.08. The van der Waals surface area contributed by atoms with Gasteiger partial charge < -0.3 is 14.8 Å². The number of methoxy groups -OCH3 is 1. The third-order valence-corrected chi connectivity index (χ3v) is 3.14. The van der Waals surface area contributed by atoms with Crippen molar-refractivity contribution in [2.75, 3.05) is 19.2 Å². The number of anilines is 1. The molecule has 0 atom stereocenters. The molecule has 4 heteroatoms. The van der Waals surface area contributed by atoms with Crippen molar-refractivity contribution in [3.05, 3.63) is 65.2 Å². The maximum atomic E-state index is 12.0. The summed E-state index contributed by atoms with van der Waals surface area (Å²) in [6.07, 6.45) is 3.28. The van der Waals surface area contributed by atoms with E-state index in [1.807, 2.05) is 50.2 Å². The van der Waals surface area contributed by atoms with Gasteiger partial charge in [0.25, 0.3) is 0 Å². The van der Waals surface area contributed by atoms with Crippen LogP contribution in [0.25, 0.3) is 6.08 Å². The van der Waals surface area contributed by atoms with E-state index in [0.29, 0.717) is 0 Å². The molecule has 0 saturated carbocycles. The lowest BCUT2D eigenvalue weighted by atomic mass is 10.1. The molecule has 120 valence electrons. The molecule has 0 spiro atoms. The van der Waals surface area contributed by atoms with Crippen LogP contribution in [0.15, 0.2) is 48.5 Å². The van der Waals surface area contributed by atoms with Gasteiger partial charge in [-0.3, -0.25) is 4.79 Å². The minimum atomic E-state index is -0.158. The molecule has 0 unspecified atom stereocenters. The van der Waals surface area contributed by atoms with E-state index in [9.17, 15) is 4.79 Å². The molecule has 2 rings (SSSR count). The zero-order valence-electron chi connectivity index (χ0n) is 13.6. The Kier molecular flexibility index (Phi) is 5.94. The second-order valence-corrected chi connectivity index (χ2v) is 5.32. The number of hydrogen-bond donors (Lipinski definition) is 1. The summed E-state index contributed by atoms with van der Waals surface area (Å²) in [6, 6.07) is 13.4. The summed E-state index contributed by atoms with van der Waals surface area (Å²) in [5.74, 6) is 0.568. The Morgan fingerprint density at radius 1 is 1.09 bits per heavy atom. The summed E-state index contributed by atoms with van der Waals surface area (Å²) < 4.78 is 10.2. The summed E-state index contributed by atoms with van der Waals surface area (Å²) in [4.78, 5) is 12.0. The summed E-state index contributed by atoms with van der Waals surface area (Å²) in [6.45, 7) is 4.23. The van der Waals surface area contributed by atoms with Crippen LogP contribution in [0.1, 0.15) is 16.7 Å². The highest BCUT2D eigenvalue weighted by molar-refractivity contribution is 6.02. The van der Waals surface area contributed by atoms with E-state index in [1.165, 1.54) is 6.08 Å². The second-order valence-electron chi connectivity index (χ2n) is 5.32. The fourth-order valence-electron chi connectivity index (χ4n) is 2.20. The molecule has 0 radical (unpaired) electrons. The topological polar surface area (TPSA) is 47.6 Å². The first-order chi connectivity index (χ1) is 11.1. The molecule has 0 aliphatic rings. The smallest absolute Gasteiger partial charge is 0.248 e. The number of rotatable bonds is 6. The molecule has 0 aliphatic heterocycles. The van der Waals surface area contributed by atoms with Crippen molar-refractivity contribution >= 4 is 17.7 Å². The van der Waals surface area contributed by atoms with Gasteiger partial charge in [0.15, 0.2) is 6.79 Å². The van der Waals surface area contributed by atoms with Gasteiger partial charge in [0.05, 0.1) is 0 Å². The normalized spacial score (nSPS) is 10.7. The zero-order chi connectivity index (χ0) is 16.7. The van der Waals surface area contributed by atoms with Gasteiger partial charge in [-0.2, -0.15) is 0 Å². The van der Waals surface area contributed by atoms with E-state index in [-0.39, 0.29) is 12.7 Å². The van der Waals surface area contributed by atoms with Crippen LogP contribution >= 0.6 is 0 Å². The van der Waals surface area contributed by atoms with Crippen molar-refractivity contribution in [3.63, 3.8) is 0 Å². The molecular formula is C19H21NO3. The van der Waals surface area contributed by atoms with Crippen LogP contribution in [0.2, 0.25) is 0 Å². The molecule has 0 heterocycles. The van der Waals surface area contributed by atoms with Crippen molar-refractivity contribution in [3.8, 4) is 5.75 Å². The third-order valence-electron chi connectivity index (χ3n) is 3.14. The molecule has 1 amide bonds. The van der Waals surface area contributed by atoms with Crippen LogP contribution in [0, 0.1) is 13.8 Å². The number of carbonyl (C=O) groups excluding carboxylic acids is 1. The van der Waals surface area contributed by atoms with Crippen LogP contribution in [-0.2, 0) is 9.53 Å². The summed E-state index contributed by atoms with van der Waals surface area (Å²) in [5, 5.41) is 2.87. The van der Waals surface area contributed by atoms with Crippen molar-refractivity contribution in [2.45, 2.75) is 13.8 Å². The van der Waals surface area contributed by atoms with E-state index >= 15 is 0 Å². The van der Waals surface area contributed by atoms with Crippen LogP contribution in [0.3, 0.4) is 0 Å². The highest BCUT2D eigenvalue weighted by atomic mass is 16.7. The molecule has 0 fully saturated rings. The Labute approximate surface area is 136 Å². The predicted octanol–water partition coefficient (Wildman–Crippen LogP) is 3.94. The van der Waals surface area contributed by atoms with Crippen molar-refractivity contribution in [1.82, 2.24) is 0 Å².